The zero-order chi connectivity index (χ0) is 19.1. The third-order valence-corrected chi connectivity index (χ3v) is 5.77. The molecule has 0 bridgehead atoms. The quantitative estimate of drug-likeness (QED) is 0.495. The summed E-state index contributed by atoms with van der Waals surface area (Å²) in [4.78, 5) is 31.0. The van der Waals surface area contributed by atoms with Gasteiger partial charge in [0, 0.05) is 17.7 Å². The van der Waals surface area contributed by atoms with E-state index in [2.05, 4.69) is 39.0 Å². The van der Waals surface area contributed by atoms with Gasteiger partial charge in [-0.15, -0.1) is 11.8 Å². The van der Waals surface area contributed by atoms with Crippen LogP contribution < -0.4 is 0 Å². The molecule has 0 N–H and O–H groups in total. The maximum atomic E-state index is 12.4. The Balaban J connectivity index is 1.50. The highest BCUT2D eigenvalue weighted by Crippen LogP contribution is 2.28. The molecule has 0 saturated carbocycles. The third-order valence-electron chi connectivity index (χ3n) is 4.87. The van der Waals surface area contributed by atoms with Gasteiger partial charge in [-0.1, -0.05) is 23.8 Å². The van der Waals surface area contributed by atoms with E-state index in [1.54, 1.807) is 36.0 Å². The largest absolute Gasteiger partial charge is 0.273 e. The zero-order valence-corrected chi connectivity index (χ0v) is 16.4. The van der Waals surface area contributed by atoms with Gasteiger partial charge in [-0.3, -0.25) is 14.5 Å². The van der Waals surface area contributed by atoms with Crippen molar-refractivity contribution in [2.75, 3.05) is 12.3 Å². The van der Waals surface area contributed by atoms with Gasteiger partial charge >= 0.3 is 0 Å². The Labute approximate surface area is 162 Å². The molecule has 0 aliphatic carbocycles. The number of thioether (sulfide) groups is 1. The molecule has 2 aromatic carbocycles. The fourth-order valence-corrected chi connectivity index (χ4v) is 4.47. The van der Waals surface area contributed by atoms with Crippen LogP contribution in [-0.4, -0.2) is 34.0 Å². The first-order valence-corrected chi connectivity index (χ1v) is 9.91. The molecule has 0 atom stereocenters. The van der Waals surface area contributed by atoms with Crippen LogP contribution in [0.2, 0.25) is 0 Å². The molecule has 1 aliphatic heterocycles. The number of aromatic nitrogens is 1. The molecule has 3 aromatic rings. The van der Waals surface area contributed by atoms with Crippen molar-refractivity contribution in [2.45, 2.75) is 25.8 Å². The van der Waals surface area contributed by atoms with Crippen LogP contribution in [0.25, 0.3) is 10.9 Å². The highest BCUT2D eigenvalue weighted by Gasteiger charge is 2.34. The number of imide groups is 1. The first kappa shape index (κ1) is 17.7. The molecule has 4 rings (SSSR count). The van der Waals surface area contributed by atoms with Gasteiger partial charge in [-0.05, 0) is 56.2 Å². The molecule has 4 nitrogen and oxygen atoms in total. The summed E-state index contributed by atoms with van der Waals surface area (Å²) in [5.41, 5.74) is 5.60. The number of benzene rings is 2. The van der Waals surface area contributed by atoms with Gasteiger partial charge in [0.1, 0.15) is 0 Å². The fraction of sp³-hybridized carbons (Fsp3) is 0.227. The van der Waals surface area contributed by atoms with Crippen LogP contribution in [0.15, 0.2) is 47.5 Å². The van der Waals surface area contributed by atoms with E-state index in [0.717, 1.165) is 16.1 Å². The maximum Gasteiger partial charge on any atom is 0.261 e. The summed E-state index contributed by atoms with van der Waals surface area (Å²) in [6.07, 6.45) is 0. The number of rotatable bonds is 4. The molecule has 27 heavy (non-hydrogen) atoms. The summed E-state index contributed by atoms with van der Waals surface area (Å²) >= 11 is 1.57. The summed E-state index contributed by atoms with van der Waals surface area (Å²) in [6, 6.07) is 13.4. The summed E-state index contributed by atoms with van der Waals surface area (Å²) < 4.78 is 0. The van der Waals surface area contributed by atoms with E-state index in [-0.39, 0.29) is 11.8 Å². The smallest absolute Gasteiger partial charge is 0.261 e. The van der Waals surface area contributed by atoms with Crippen molar-refractivity contribution in [1.29, 1.82) is 0 Å². The molecular formula is C22H20N2O2S. The predicted octanol–water partition coefficient (Wildman–Crippen LogP) is 4.55. The van der Waals surface area contributed by atoms with Crippen LogP contribution in [0.1, 0.15) is 37.4 Å². The number of pyridine rings is 1. The lowest BCUT2D eigenvalue weighted by Crippen LogP contribution is -2.31. The topological polar surface area (TPSA) is 50.3 Å². The monoisotopic (exact) mass is 376 g/mol. The number of nitrogens with zero attached hydrogens (tertiary/aromatic N) is 2. The Morgan fingerprint density at radius 1 is 0.926 bits per heavy atom. The molecule has 0 unspecified atom stereocenters. The highest BCUT2D eigenvalue weighted by atomic mass is 32.2. The van der Waals surface area contributed by atoms with Crippen LogP contribution in [0, 0.1) is 20.8 Å². The molecule has 0 fully saturated rings. The number of hydrogen-bond donors (Lipinski definition) is 0. The van der Waals surface area contributed by atoms with E-state index in [0.29, 0.717) is 23.4 Å². The molecule has 136 valence electrons. The van der Waals surface area contributed by atoms with E-state index in [9.17, 15) is 9.59 Å². The Kier molecular flexibility index (Phi) is 4.48. The minimum Gasteiger partial charge on any atom is -0.273 e. The first-order valence-electron chi connectivity index (χ1n) is 8.92. The Morgan fingerprint density at radius 2 is 1.59 bits per heavy atom. The summed E-state index contributed by atoms with van der Waals surface area (Å²) in [6.45, 7) is 6.64. The van der Waals surface area contributed by atoms with Crippen molar-refractivity contribution in [3.8, 4) is 0 Å². The average Bonchev–Trinajstić information content (AvgIpc) is 2.88. The second kappa shape index (κ2) is 6.82. The number of carbonyl (C=O) groups excluding carboxylic acids is 2. The van der Waals surface area contributed by atoms with Gasteiger partial charge in [0.15, 0.2) is 0 Å². The number of aryl methyl sites for hydroxylation is 3. The van der Waals surface area contributed by atoms with Crippen molar-refractivity contribution in [3.05, 3.63) is 70.3 Å². The lowest BCUT2D eigenvalue weighted by atomic mass is 10.0. The van der Waals surface area contributed by atoms with E-state index in [4.69, 9.17) is 4.98 Å². The van der Waals surface area contributed by atoms with Gasteiger partial charge in [0.05, 0.1) is 21.7 Å². The molecule has 2 heterocycles. The standard InChI is InChI=1S/C22H20N2O2S/c1-13-10-15(3)20-18(11-13)14(2)12-19(23-20)27-9-8-24-21(25)16-6-4-5-7-17(16)22(24)26/h4-7,10-12H,8-9H2,1-3H3. The highest BCUT2D eigenvalue weighted by molar-refractivity contribution is 7.99. The van der Waals surface area contributed by atoms with Crippen molar-refractivity contribution in [3.63, 3.8) is 0 Å². The second-order valence-electron chi connectivity index (χ2n) is 6.91. The SMILES string of the molecule is Cc1cc(C)c2nc(SCCN3C(=O)c4ccccc4C3=O)cc(C)c2c1. The summed E-state index contributed by atoms with van der Waals surface area (Å²) in [7, 11) is 0. The van der Waals surface area contributed by atoms with E-state index in [1.165, 1.54) is 21.4 Å². The minimum atomic E-state index is -0.204. The van der Waals surface area contributed by atoms with Gasteiger partial charge < -0.3 is 0 Å². The van der Waals surface area contributed by atoms with Gasteiger partial charge in [0.2, 0.25) is 0 Å². The Hall–Kier alpha value is -2.66. The first-order chi connectivity index (χ1) is 13.0. The van der Waals surface area contributed by atoms with Crippen LogP contribution in [0.4, 0.5) is 0 Å². The maximum absolute atomic E-state index is 12.4. The molecule has 0 spiro atoms. The van der Waals surface area contributed by atoms with E-state index < -0.39 is 0 Å². The molecule has 0 saturated heterocycles. The van der Waals surface area contributed by atoms with Crippen LogP contribution in [-0.2, 0) is 0 Å². The van der Waals surface area contributed by atoms with Crippen LogP contribution in [0.3, 0.4) is 0 Å². The van der Waals surface area contributed by atoms with Crippen LogP contribution in [0.5, 0.6) is 0 Å². The van der Waals surface area contributed by atoms with Crippen molar-refractivity contribution < 1.29 is 9.59 Å². The lowest BCUT2D eigenvalue weighted by molar-refractivity contribution is 0.0664. The summed E-state index contributed by atoms with van der Waals surface area (Å²) in [5, 5.41) is 2.10. The van der Waals surface area contributed by atoms with E-state index in [1.807, 2.05) is 0 Å². The average molecular weight is 376 g/mol. The van der Waals surface area contributed by atoms with Crippen LogP contribution >= 0.6 is 11.8 Å². The normalized spacial score (nSPS) is 13.5. The summed E-state index contributed by atoms with van der Waals surface area (Å²) in [5.74, 6) is 0.212. The zero-order valence-electron chi connectivity index (χ0n) is 15.6. The number of carbonyl (C=O) groups is 2. The molecule has 5 heteroatoms. The predicted molar refractivity (Wildman–Crippen MR) is 108 cm³/mol. The minimum absolute atomic E-state index is 0.204. The molecular weight excluding hydrogens is 356 g/mol. The molecule has 1 aromatic heterocycles. The lowest BCUT2D eigenvalue weighted by Gasteiger charge is -2.14. The molecule has 0 radical (unpaired) electrons. The van der Waals surface area contributed by atoms with E-state index >= 15 is 0 Å². The Morgan fingerprint density at radius 3 is 2.26 bits per heavy atom. The number of fused-ring (bicyclic) bond motifs is 2. The van der Waals surface area contributed by atoms with Crippen molar-refractivity contribution in [2.24, 2.45) is 0 Å². The number of hydrogen-bond acceptors (Lipinski definition) is 4. The molecule has 2 amide bonds. The van der Waals surface area contributed by atoms with Crippen molar-refractivity contribution >= 4 is 34.5 Å². The second-order valence-corrected chi connectivity index (χ2v) is 8.03. The number of amides is 2. The van der Waals surface area contributed by atoms with Gasteiger partial charge in [-0.25, -0.2) is 4.98 Å². The van der Waals surface area contributed by atoms with Gasteiger partial charge in [-0.2, -0.15) is 0 Å². The van der Waals surface area contributed by atoms with Gasteiger partial charge in [0.25, 0.3) is 11.8 Å². The van der Waals surface area contributed by atoms with Crippen molar-refractivity contribution in [1.82, 2.24) is 9.88 Å². The fourth-order valence-electron chi connectivity index (χ4n) is 3.57. The third kappa shape index (κ3) is 3.12. The molecule has 1 aliphatic rings. The Bertz CT molecular complexity index is 1060.